The Morgan fingerprint density at radius 2 is 1.83 bits per heavy atom. The molecule has 1 aromatic rings. The van der Waals surface area contributed by atoms with Crippen LogP contribution in [0.25, 0.3) is 5.57 Å². The number of carboxylic acid groups (broad SMARTS) is 1. The highest BCUT2D eigenvalue weighted by molar-refractivity contribution is 7.99. The van der Waals surface area contributed by atoms with E-state index in [4.69, 9.17) is 10.8 Å². The van der Waals surface area contributed by atoms with Gasteiger partial charge in [-0.1, -0.05) is 49.1 Å². The number of hydrogen-bond acceptors (Lipinski definition) is 3. The third kappa shape index (κ3) is 8.11. The molecule has 3 nitrogen and oxygen atoms in total. The van der Waals surface area contributed by atoms with Gasteiger partial charge in [0.05, 0.1) is 5.92 Å². The summed E-state index contributed by atoms with van der Waals surface area (Å²) in [7, 11) is 0. The molecule has 0 aliphatic carbocycles. The molecule has 2 atom stereocenters. The molecule has 0 saturated carbocycles. The summed E-state index contributed by atoms with van der Waals surface area (Å²) in [5, 5.41) is 8.73. The van der Waals surface area contributed by atoms with Crippen LogP contribution < -0.4 is 5.73 Å². The van der Waals surface area contributed by atoms with Gasteiger partial charge in [0.1, 0.15) is 6.04 Å². The third-order valence-electron chi connectivity index (χ3n) is 4.51. The lowest BCUT2D eigenvalue weighted by atomic mass is 9.92. The Bertz CT molecular complexity index is 739. The molecule has 0 radical (unpaired) electrons. The second kappa shape index (κ2) is 11.9. The number of alkyl halides is 3. The normalized spacial score (nSPS) is 15.1. The number of halogens is 3. The van der Waals surface area contributed by atoms with Crippen LogP contribution in [0, 0.1) is 0 Å². The maximum Gasteiger partial charge on any atom is 0.395 e. The van der Waals surface area contributed by atoms with Crippen LogP contribution in [0.4, 0.5) is 13.2 Å². The fourth-order valence-corrected chi connectivity index (χ4v) is 3.92. The summed E-state index contributed by atoms with van der Waals surface area (Å²) in [6.07, 6.45) is 1.33. The number of allylic oxidation sites excluding steroid dienone is 5. The zero-order valence-electron chi connectivity index (χ0n) is 16.7. The van der Waals surface area contributed by atoms with Crippen molar-refractivity contribution in [3.8, 4) is 0 Å². The molecule has 7 heteroatoms. The van der Waals surface area contributed by atoms with Crippen molar-refractivity contribution >= 4 is 23.3 Å². The molecular formula is C22H28F3NO2S. The first-order valence-corrected chi connectivity index (χ1v) is 10.5. The van der Waals surface area contributed by atoms with Gasteiger partial charge in [-0.2, -0.15) is 24.9 Å². The van der Waals surface area contributed by atoms with Gasteiger partial charge in [-0.05, 0) is 60.5 Å². The van der Waals surface area contributed by atoms with Crippen molar-refractivity contribution in [3.63, 3.8) is 0 Å². The van der Waals surface area contributed by atoms with Crippen molar-refractivity contribution in [3.05, 3.63) is 65.8 Å². The van der Waals surface area contributed by atoms with Crippen LogP contribution in [0.3, 0.4) is 0 Å². The summed E-state index contributed by atoms with van der Waals surface area (Å²) >= 11 is 1.29. The number of rotatable bonds is 11. The molecule has 2 unspecified atom stereocenters. The number of aliphatic carboxylic acids is 1. The van der Waals surface area contributed by atoms with Crippen molar-refractivity contribution in [1.82, 2.24) is 0 Å². The van der Waals surface area contributed by atoms with E-state index in [2.05, 4.69) is 6.58 Å². The highest BCUT2D eigenvalue weighted by Crippen LogP contribution is 2.38. The maximum absolute atomic E-state index is 13.6. The quantitative estimate of drug-likeness (QED) is 0.346. The lowest BCUT2D eigenvalue weighted by Crippen LogP contribution is -2.30. The minimum Gasteiger partial charge on any atom is -0.480 e. The molecule has 0 amide bonds. The Labute approximate surface area is 174 Å². The molecule has 0 saturated heterocycles. The standard InChI is InChI=1S/C22H28F3NO2S/c1-4-6-15(3)18(5-2)16-7-9-17(10-8-16)19(22(23,24)25)11-13-29-14-12-20(26)21(27)28/h4-10,19-20H,2,11-14,26H2,1,3H3,(H,27,28)/b6-4-,18-15+. The van der Waals surface area contributed by atoms with Crippen LogP contribution in [0.15, 0.2) is 54.6 Å². The molecular weight excluding hydrogens is 399 g/mol. The van der Waals surface area contributed by atoms with Gasteiger partial charge in [-0.25, -0.2) is 0 Å². The highest BCUT2D eigenvalue weighted by atomic mass is 32.2. The molecule has 0 spiro atoms. The second-order valence-corrected chi connectivity index (χ2v) is 7.88. The van der Waals surface area contributed by atoms with Crippen molar-refractivity contribution in [1.29, 1.82) is 0 Å². The van der Waals surface area contributed by atoms with Gasteiger partial charge in [0.25, 0.3) is 0 Å². The number of carbonyl (C=O) groups is 1. The van der Waals surface area contributed by atoms with Crippen LogP contribution >= 0.6 is 11.8 Å². The van der Waals surface area contributed by atoms with E-state index >= 15 is 0 Å². The maximum atomic E-state index is 13.6. The molecule has 160 valence electrons. The number of hydrogen-bond donors (Lipinski definition) is 2. The van der Waals surface area contributed by atoms with Crippen LogP contribution in [0.2, 0.25) is 0 Å². The number of thioether (sulfide) groups is 1. The van der Waals surface area contributed by atoms with Crippen LogP contribution in [-0.4, -0.2) is 34.8 Å². The molecule has 0 fully saturated rings. The third-order valence-corrected chi connectivity index (χ3v) is 5.55. The van der Waals surface area contributed by atoms with Crippen LogP contribution in [-0.2, 0) is 4.79 Å². The van der Waals surface area contributed by atoms with Gasteiger partial charge in [-0.3, -0.25) is 4.79 Å². The van der Waals surface area contributed by atoms with Crippen molar-refractivity contribution in [2.24, 2.45) is 5.73 Å². The van der Waals surface area contributed by atoms with Crippen molar-refractivity contribution in [2.45, 2.75) is 44.8 Å². The number of nitrogens with two attached hydrogens (primary N) is 1. The molecule has 3 N–H and O–H groups in total. The summed E-state index contributed by atoms with van der Waals surface area (Å²) in [6, 6.07) is 5.44. The average molecular weight is 428 g/mol. The first-order valence-electron chi connectivity index (χ1n) is 9.31. The largest absolute Gasteiger partial charge is 0.480 e. The van der Waals surface area contributed by atoms with E-state index in [1.54, 1.807) is 18.2 Å². The minimum absolute atomic E-state index is 0.0718. The van der Waals surface area contributed by atoms with Gasteiger partial charge >= 0.3 is 12.1 Å². The Morgan fingerprint density at radius 3 is 2.31 bits per heavy atom. The minimum atomic E-state index is -4.35. The second-order valence-electron chi connectivity index (χ2n) is 6.65. The molecule has 0 bridgehead atoms. The van der Waals surface area contributed by atoms with E-state index < -0.39 is 24.1 Å². The van der Waals surface area contributed by atoms with Gasteiger partial charge in [0.15, 0.2) is 0 Å². The SMILES string of the molecule is C=C/C(=C(C)\C=C/C)c1ccc(C(CCSCCC(N)C(=O)O)C(F)(F)F)cc1. The Hall–Kier alpha value is -1.99. The lowest BCUT2D eigenvalue weighted by molar-refractivity contribution is -0.150. The smallest absolute Gasteiger partial charge is 0.395 e. The first-order chi connectivity index (χ1) is 13.6. The van der Waals surface area contributed by atoms with E-state index in [9.17, 15) is 18.0 Å². The number of benzene rings is 1. The van der Waals surface area contributed by atoms with Crippen LogP contribution in [0.5, 0.6) is 0 Å². The molecule has 1 rings (SSSR count). The van der Waals surface area contributed by atoms with E-state index in [0.29, 0.717) is 5.75 Å². The summed E-state index contributed by atoms with van der Waals surface area (Å²) < 4.78 is 40.7. The van der Waals surface area contributed by atoms with Crippen molar-refractivity contribution in [2.75, 3.05) is 11.5 Å². The van der Waals surface area contributed by atoms with Gasteiger partial charge in [-0.15, -0.1) is 0 Å². The topological polar surface area (TPSA) is 63.3 Å². The zero-order valence-corrected chi connectivity index (χ0v) is 17.5. The van der Waals surface area contributed by atoms with E-state index in [0.717, 1.165) is 16.7 Å². The summed E-state index contributed by atoms with van der Waals surface area (Å²) in [4.78, 5) is 10.7. The Balaban J connectivity index is 2.85. The number of carboxylic acids is 1. The van der Waals surface area contributed by atoms with Crippen LogP contribution in [0.1, 0.15) is 43.7 Å². The lowest BCUT2D eigenvalue weighted by Gasteiger charge is -2.21. The summed E-state index contributed by atoms with van der Waals surface area (Å²) in [5.74, 6) is -1.98. The van der Waals surface area contributed by atoms with Gasteiger partial charge < -0.3 is 10.8 Å². The monoisotopic (exact) mass is 427 g/mol. The average Bonchev–Trinajstić information content (AvgIpc) is 2.65. The molecule has 1 aromatic carbocycles. The first kappa shape index (κ1) is 25.0. The zero-order chi connectivity index (χ0) is 22.0. The molecule has 0 aromatic heterocycles. The molecule has 0 aliphatic rings. The predicted molar refractivity (Wildman–Crippen MR) is 115 cm³/mol. The highest BCUT2D eigenvalue weighted by Gasteiger charge is 2.40. The molecule has 0 heterocycles. The summed E-state index contributed by atoms with van der Waals surface area (Å²) in [6.45, 7) is 7.62. The predicted octanol–water partition coefficient (Wildman–Crippen LogP) is 5.79. The fraction of sp³-hybridized carbons (Fsp3) is 0.409. The fourth-order valence-electron chi connectivity index (χ4n) is 2.90. The van der Waals surface area contributed by atoms with E-state index in [1.165, 1.54) is 23.9 Å². The Kier molecular flexibility index (Phi) is 10.3. The molecule has 29 heavy (non-hydrogen) atoms. The molecule has 0 aliphatic heterocycles. The van der Waals surface area contributed by atoms with E-state index in [-0.39, 0.29) is 24.2 Å². The van der Waals surface area contributed by atoms with E-state index in [1.807, 2.05) is 26.0 Å². The van der Waals surface area contributed by atoms with Gasteiger partial charge in [0.2, 0.25) is 0 Å². The van der Waals surface area contributed by atoms with Gasteiger partial charge in [0, 0.05) is 0 Å². The Morgan fingerprint density at radius 1 is 1.24 bits per heavy atom. The summed E-state index contributed by atoms with van der Waals surface area (Å²) in [5.41, 5.74) is 8.30. The van der Waals surface area contributed by atoms with Crippen molar-refractivity contribution < 1.29 is 23.1 Å².